The number of hydrogen-bond donors (Lipinski definition) is 0. The van der Waals surface area contributed by atoms with E-state index in [1.54, 1.807) is 0 Å². The quantitative estimate of drug-likeness (QED) is 0.268. The van der Waals surface area contributed by atoms with Gasteiger partial charge in [-0.2, -0.15) is 0 Å². The molecule has 0 saturated carbocycles. The molecule has 146 valence electrons. The van der Waals surface area contributed by atoms with Crippen molar-refractivity contribution in [3.63, 3.8) is 0 Å². The lowest BCUT2D eigenvalue weighted by Gasteiger charge is -2.28. The van der Waals surface area contributed by atoms with Crippen LogP contribution in [0, 0.1) is 0 Å². The molecular weight excluding hydrogens is 503 g/mol. The first-order valence-electron chi connectivity index (χ1n) is 9.52. The molecule has 0 N–H and O–H groups in total. The predicted molar refractivity (Wildman–Crippen MR) is 128 cm³/mol. The minimum Gasteiger partial charge on any atom is -1.00 e. The van der Waals surface area contributed by atoms with Gasteiger partial charge in [0.25, 0.3) is 0 Å². The molecule has 29 heavy (non-hydrogen) atoms. The van der Waals surface area contributed by atoms with Crippen LogP contribution in [0.2, 0.25) is 0 Å². The minimum absolute atomic E-state index is 0. The summed E-state index contributed by atoms with van der Waals surface area (Å²) in [5, 5.41) is 5.16. The second kappa shape index (κ2) is 10.3. The van der Waals surface area contributed by atoms with E-state index < -0.39 is 7.26 Å². The van der Waals surface area contributed by atoms with Crippen molar-refractivity contribution in [2.45, 2.75) is 11.5 Å². The van der Waals surface area contributed by atoms with Crippen molar-refractivity contribution >= 4 is 39.1 Å². The fraction of sp³-hybridized carbons (Fsp3) is 0.0769. The fourth-order valence-electron chi connectivity index (χ4n) is 3.87. The van der Waals surface area contributed by atoms with E-state index in [1.807, 2.05) is 0 Å². The molecule has 0 aliphatic heterocycles. The molecule has 0 saturated heterocycles. The molecule has 0 nitrogen and oxygen atoms in total. The van der Waals surface area contributed by atoms with E-state index in [0.717, 1.165) is 11.5 Å². The van der Waals surface area contributed by atoms with Gasteiger partial charge in [-0.25, -0.2) is 0 Å². The lowest BCUT2D eigenvalue weighted by atomic mass is 10.1. The lowest BCUT2D eigenvalue weighted by Crippen LogP contribution is -3.00. The summed E-state index contributed by atoms with van der Waals surface area (Å²) in [6.45, 7) is 0. The lowest BCUT2D eigenvalue weighted by molar-refractivity contribution is -0.00000534. The summed E-state index contributed by atoms with van der Waals surface area (Å²) in [6.07, 6.45) is 1.02. The molecule has 0 fully saturated rings. The van der Waals surface area contributed by atoms with Crippen molar-refractivity contribution in [1.29, 1.82) is 0 Å². The SMILES string of the molecule is BrCc1ccccc1C[P+](c1ccccc1)(c1ccccc1)c1ccccc1.[Br-]. The fourth-order valence-corrected chi connectivity index (χ4v) is 8.72. The Labute approximate surface area is 193 Å². The van der Waals surface area contributed by atoms with E-state index in [0.29, 0.717) is 0 Å². The first-order chi connectivity index (χ1) is 13.8. The van der Waals surface area contributed by atoms with Crippen LogP contribution in [0.3, 0.4) is 0 Å². The summed E-state index contributed by atoms with van der Waals surface area (Å²) in [6, 6.07) is 42.1. The van der Waals surface area contributed by atoms with E-state index >= 15 is 0 Å². The molecule has 0 aliphatic rings. The van der Waals surface area contributed by atoms with Crippen LogP contribution in [-0.4, -0.2) is 0 Å². The normalized spacial score (nSPS) is 10.9. The third kappa shape index (κ3) is 4.56. The van der Waals surface area contributed by atoms with Crippen LogP contribution in [0.1, 0.15) is 11.1 Å². The van der Waals surface area contributed by atoms with Crippen molar-refractivity contribution in [1.82, 2.24) is 0 Å². The van der Waals surface area contributed by atoms with Crippen LogP contribution in [-0.2, 0) is 11.5 Å². The summed E-state index contributed by atoms with van der Waals surface area (Å²) in [5.74, 6) is 0. The Bertz CT molecular complexity index is 921. The number of alkyl halides is 1. The molecule has 0 heterocycles. The van der Waals surface area contributed by atoms with E-state index in [-0.39, 0.29) is 17.0 Å². The molecule has 0 aromatic heterocycles. The van der Waals surface area contributed by atoms with Gasteiger partial charge in [0.2, 0.25) is 0 Å². The first kappa shape index (κ1) is 22.0. The summed E-state index contributed by atoms with van der Waals surface area (Å²) < 4.78 is 0. The molecule has 0 atom stereocenters. The van der Waals surface area contributed by atoms with Gasteiger partial charge in [-0.1, -0.05) is 94.8 Å². The van der Waals surface area contributed by atoms with Crippen molar-refractivity contribution < 1.29 is 17.0 Å². The van der Waals surface area contributed by atoms with Crippen LogP contribution < -0.4 is 32.9 Å². The minimum atomic E-state index is -1.84. The topological polar surface area (TPSA) is 0 Å². The van der Waals surface area contributed by atoms with Gasteiger partial charge in [0.05, 0.1) is 6.16 Å². The van der Waals surface area contributed by atoms with Gasteiger partial charge in [-0.3, -0.25) is 0 Å². The predicted octanol–water partition coefficient (Wildman–Crippen LogP) is 3.08. The van der Waals surface area contributed by atoms with Crippen molar-refractivity contribution in [3.8, 4) is 0 Å². The number of benzene rings is 4. The molecule has 0 unspecified atom stereocenters. The summed E-state index contributed by atoms with van der Waals surface area (Å²) in [5.41, 5.74) is 2.79. The van der Waals surface area contributed by atoms with Gasteiger partial charge < -0.3 is 17.0 Å². The van der Waals surface area contributed by atoms with Gasteiger partial charge >= 0.3 is 0 Å². The van der Waals surface area contributed by atoms with Crippen LogP contribution in [0.5, 0.6) is 0 Å². The Balaban J connectivity index is 0.00000240. The molecule has 0 spiro atoms. The zero-order valence-corrected chi connectivity index (χ0v) is 20.2. The number of rotatable bonds is 6. The highest BCUT2D eigenvalue weighted by Crippen LogP contribution is 2.58. The zero-order valence-electron chi connectivity index (χ0n) is 16.1. The molecular formula is C26H23Br2P. The molecule has 4 aromatic rings. The van der Waals surface area contributed by atoms with Gasteiger partial charge in [-0.05, 0) is 47.5 Å². The first-order valence-corrected chi connectivity index (χ1v) is 12.6. The van der Waals surface area contributed by atoms with E-state index in [1.165, 1.54) is 27.0 Å². The van der Waals surface area contributed by atoms with Crippen LogP contribution in [0.15, 0.2) is 115 Å². The van der Waals surface area contributed by atoms with Crippen LogP contribution in [0.4, 0.5) is 0 Å². The van der Waals surface area contributed by atoms with E-state index in [4.69, 9.17) is 0 Å². The Morgan fingerprint density at radius 3 is 1.21 bits per heavy atom. The van der Waals surface area contributed by atoms with Crippen LogP contribution >= 0.6 is 23.2 Å². The van der Waals surface area contributed by atoms with E-state index in [2.05, 4.69) is 131 Å². The summed E-state index contributed by atoms with van der Waals surface area (Å²) in [4.78, 5) is 0. The number of halogens is 2. The largest absolute Gasteiger partial charge is 1.00 e. The third-order valence-corrected chi connectivity index (χ3v) is 10.2. The van der Waals surface area contributed by atoms with Crippen molar-refractivity contribution in [2.24, 2.45) is 0 Å². The second-order valence-corrected chi connectivity index (χ2v) is 10.9. The molecule has 0 aliphatic carbocycles. The Hall–Kier alpha value is -1.73. The maximum Gasteiger partial charge on any atom is 0.116 e. The molecule has 0 bridgehead atoms. The maximum absolute atomic E-state index is 3.70. The Morgan fingerprint density at radius 2 is 0.828 bits per heavy atom. The Kier molecular flexibility index (Phi) is 7.84. The van der Waals surface area contributed by atoms with E-state index in [9.17, 15) is 0 Å². The second-order valence-electron chi connectivity index (χ2n) is 6.88. The molecule has 3 heteroatoms. The number of hydrogen-bond acceptors (Lipinski definition) is 0. The Morgan fingerprint density at radius 1 is 0.483 bits per heavy atom. The molecule has 0 amide bonds. The molecule has 0 radical (unpaired) electrons. The zero-order chi connectivity index (χ0) is 19.2. The smallest absolute Gasteiger partial charge is 0.116 e. The summed E-state index contributed by atoms with van der Waals surface area (Å²) in [7, 11) is -1.84. The highest BCUT2D eigenvalue weighted by molar-refractivity contribution is 9.08. The third-order valence-electron chi connectivity index (χ3n) is 5.26. The molecule has 4 aromatic carbocycles. The van der Waals surface area contributed by atoms with Gasteiger partial charge in [0, 0.05) is 5.33 Å². The average Bonchev–Trinajstić information content (AvgIpc) is 2.79. The standard InChI is InChI=1S/C26H23BrP.BrH/c27-20-22-12-10-11-13-23(22)21-28(24-14-4-1-5-15-24,25-16-6-2-7-17-25)26-18-8-3-9-19-26;/h1-19H,20-21H2;1H/q+1;/p-1. The highest BCUT2D eigenvalue weighted by atomic mass is 79.9. The summed E-state index contributed by atoms with van der Waals surface area (Å²) >= 11 is 3.70. The van der Waals surface area contributed by atoms with Crippen molar-refractivity contribution in [3.05, 3.63) is 126 Å². The van der Waals surface area contributed by atoms with Crippen molar-refractivity contribution in [2.75, 3.05) is 0 Å². The maximum atomic E-state index is 3.70. The van der Waals surface area contributed by atoms with Gasteiger partial charge in [-0.15, -0.1) is 0 Å². The highest BCUT2D eigenvalue weighted by Gasteiger charge is 2.45. The average molecular weight is 526 g/mol. The van der Waals surface area contributed by atoms with Gasteiger partial charge in [0.15, 0.2) is 0 Å². The monoisotopic (exact) mass is 524 g/mol. The molecule has 4 rings (SSSR count). The van der Waals surface area contributed by atoms with Gasteiger partial charge in [0.1, 0.15) is 23.2 Å². The van der Waals surface area contributed by atoms with Crippen LogP contribution in [0.25, 0.3) is 0 Å².